The minimum absolute atomic E-state index is 0.215. The number of carbonyl (C=O) groups excluding carboxylic acids is 2. The molecule has 2 aromatic carbocycles. The van der Waals surface area contributed by atoms with Gasteiger partial charge in [-0.25, -0.2) is 4.98 Å². The van der Waals surface area contributed by atoms with E-state index < -0.39 is 0 Å². The van der Waals surface area contributed by atoms with Crippen molar-refractivity contribution in [3.8, 4) is 5.75 Å². The van der Waals surface area contributed by atoms with Gasteiger partial charge in [-0.1, -0.05) is 48.2 Å². The summed E-state index contributed by atoms with van der Waals surface area (Å²) >= 11 is 1.05. The highest BCUT2D eigenvalue weighted by molar-refractivity contribution is 8.15. The van der Waals surface area contributed by atoms with Crippen LogP contribution in [0.4, 0.5) is 16.3 Å². The first-order chi connectivity index (χ1) is 19.5. The van der Waals surface area contributed by atoms with Gasteiger partial charge in [0.2, 0.25) is 5.91 Å². The van der Waals surface area contributed by atoms with Gasteiger partial charge in [0.25, 0.3) is 5.24 Å². The van der Waals surface area contributed by atoms with Crippen molar-refractivity contribution in [3.05, 3.63) is 89.7 Å². The van der Waals surface area contributed by atoms with Gasteiger partial charge in [0.1, 0.15) is 18.2 Å². The van der Waals surface area contributed by atoms with Crippen LogP contribution in [0.1, 0.15) is 29.7 Å². The molecule has 0 spiro atoms. The summed E-state index contributed by atoms with van der Waals surface area (Å²) in [6.07, 6.45) is 6.98. The highest BCUT2D eigenvalue weighted by Crippen LogP contribution is 2.30. The Morgan fingerprint density at radius 2 is 1.80 bits per heavy atom. The minimum atomic E-state index is -0.341. The second kappa shape index (κ2) is 12.8. The van der Waals surface area contributed by atoms with Gasteiger partial charge >= 0.3 is 0 Å². The summed E-state index contributed by atoms with van der Waals surface area (Å²) in [5.74, 6) is 1.47. The van der Waals surface area contributed by atoms with E-state index in [2.05, 4.69) is 16.4 Å². The second-order valence-corrected chi connectivity index (χ2v) is 11.0. The van der Waals surface area contributed by atoms with Crippen LogP contribution in [0.25, 0.3) is 10.9 Å². The topological polar surface area (TPSA) is 110 Å². The fourth-order valence-electron chi connectivity index (χ4n) is 4.87. The number of hydrogen-bond acceptors (Lipinski definition) is 8. The Kier molecular flexibility index (Phi) is 8.81. The van der Waals surface area contributed by atoms with Crippen molar-refractivity contribution in [2.24, 2.45) is 0 Å². The van der Waals surface area contributed by atoms with E-state index >= 15 is 0 Å². The second-order valence-electron chi connectivity index (χ2n) is 9.86. The number of amides is 2. The first-order valence-electron chi connectivity index (χ1n) is 13.5. The number of carbonyl (C=O) groups is 2. The number of nitrogens with one attached hydrogen (secondary N) is 1. The maximum Gasteiger partial charge on any atom is 0.286 e. The van der Waals surface area contributed by atoms with E-state index in [0.29, 0.717) is 13.0 Å². The SMILES string of the molecule is CN(CCOc1ccc(CC2SC(=O)NC2=O)cc1)c1ccccn1.Nc1c2c(nc3ccccc13)CCCC2. The number of nitrogens with zero attached hydrogens (tertiary/aromatic N) is 3. The number of imide groups is 1. The number of aromatic nitrogens is 2. The third-order valence-corrected chi connectivity index (χ3v) is 8.04. The predicted molar refractivity (Wildman–Crippen MR) is 161 cm³/mol. The van der Waals surface area contributed by atoms with E-state index in [-0.39, 0.29) is 16.4 Å². The summed E-state index contributed by atoms with van der Waals surface area (Å²) in [5.41, 5.74) is 11.7. The summed E-state index contributed by atoms with van der Waals surface area (Å²) in [5, 5.41) is 2.80. The molecule has 1 fully saturated rings. The quantitative estimate of drug-likeness (QED) is 0.321. The lowest BCUT2D eigenvalue weighted by Crippen LogP contribution is -2.25. The largest absolute Gasteiger partial charge is 0.492 e. The Morgan fingerprint density at radius 1 is 1.02 bits per heavy atom. The third kappa shape index (κ3) is 6.71. The van der Waals surface area contributed by atoms with Crippen molar-refractivity contribution < 1.29 is 14.3 Å². The summed E-state index contributed by atoms with van der Waals surface area (Å²) in [6, 6.07) is 21.6. The standard InChI is InChI=1S/C18H19N3O3S.C13H14N2/c1-21(16-4-2-3-9-19-16)10-11-24-14-7-5-13(6-8-14)12-15-17(22)20-18(23)25-15;14-13-9-5-1-3-7-11(9)15-12-8-4-2-6-10(12)13/h2-9,15H,10-12H2,1H3,(H,20,22,23);1,3,5,7H,2,4,6,8H2,(H2,14,15). The van der Waals surface area contributed by atoms with Crippen LogP contribution < -0.4 is 20.7 Å². The number of fused-ring (bicyclic) bond motifs is 2. The number of para-hydroxylation sites is 1. The number of aryl methyl sites for hydroxylation is 1. The maximum absolute atomic E-state index is 11.6. The molecule has 206 valence electrons. The van der Waals surface area contributed by atoms with Gasteiger partial charge in [-0.3, -0.25) is 19.9 Å². The Morgan fingerprint density at radius 3 is 2.55 bits per heavy atom. The van der Waals surface area contributed by atoms with Crippen LogP contribution in [0.3, 0.4) is 0 Å². The van der Waals surface area contributed by atoms with Gasteiger partial charge < -0.3 is 15.4 Å². The number of likely N-dealkylation sites (N-methyl/N-ethyl adjacent to an activating group) is 1. The van der Waals surface area contributed by atoms with Crippen LogP contribution in [0, 0.1) is 0 Å². The molecule has 0 saturated carbocycles. The van der Waals surface area contributed by atoms with Gasteiger partial charge in [0, 0.05) is 30.0 Å². The lowest BCUT2D eigenvalue weighted by molar-refractivity contribution is -0.118. The molecule has 3 N–H and O–H groups in total. The first kappa shape index (κ1) is 27.5. The highest BCUT2D eigenvalue weighted by atomic mass is 32.2. The monoisotopic (exact) mass is 555 g/mol. The lowest BCUT2D eigenvalue weighted by Gasteiger charge is -2.18. The van der Waals surface area contributed by atoms with Gasteiger partial charge in [0.05, 0.1) is 17.3 Å². The van der Waals surface area contributed by atoms with E-state index in [1.807, 2.05) is 72.6 Å². The van der Waals surface area contributed by atoms with Crippen LogP contribution in [0.2, 0.25) is 0 Å². The van der Waals surface area contributed by atoms with Crippen LogP contribution in [0.5, 0.6) is 5.75 Å². The molecule has 2 aromatic heterocycles. The van der Waals surface area contributed by atoms with Gasteiger partial charge in [0.15, 0.2) is 0 Å². The van der Waals surface area contributed by atoms with E-state index in [1.165, 1.54) is 24.1 Å². The fraction of sp³-hybridized carbons (Fsp3) is 0.290. The molecule has 1 aliphatic carbocycles. The molecule has 1 saturated heterocycles. The smallest absolute Gasteiger partial charge is 0.286 e. The normalized spacial score (nSPS) is 16.1. The number of thioether (sulfide) groups is 1. The Hall–Kier alpha value is -4.11. The highest BCUT2D eigenvalue weighted by Gasteiger charge is 2.31. The Bertz CT molecular complexity index is 1480. The average Bonchev–Trinajstić information content (AvgIpc) is 3.30. The number of hydrogen-bond donors (Lipinski definition) is 2. The molecule has 40 heavy (non-hydrogen) atoms. The van der Waals surface area contributed by atoms with Crippen molar-refractivity contribution in [2.75, 3.05) is 30.8 Å². The van der Waals surface area contributed by atoms with Crippen molar-refractivity contribution in [2.45, 2.75) is 37.4 Å². The van der Waals surface area contributed by atoms with Crippen molar-refractivity contribution in [1.82, 2.24) is 15.3 Å². The Labute approximate surface area is 238 Å². The number of benzene rings is 2. The molecule has 2 aliphatic rings. The molecule has 0 bridgehead atoms. The van der Waals surface area contributed by atoms with Gasteiger partial charge in [-0.05, 0) is 73.6 Å². The van der Waals surface area contributed by atoms with E-state index in [1.54, 1.807) is 6.20 Å². The molecule has 3 heterocycles. The average molecular weight is 556 g/mol. The van der Waals surface area contributed by atoms with Crippen molar-refractivity contribution >= 4 is 45.3 Å². The number of nitrogens with two attached hydrogens (primary N) is 1. The summed E-state index contributed by atoms with van der Waals surface area (Å²) in [6.45, 7) is 1.27. The molecule has 1 atom stereocenters. The summed E-state index contributed by atoms with van der Waals surface area (Å²) in [7, 11) is 1.97. The zero-order valence-electron chi connectivity index (χ0n) is 22.5. The number of rotatable bonds is 7. The molecule has 1 aliphatic heterocycles. The van der Waals surface area contributed by atoms with Crippen LogP contribution in [-0.4, -0.2) is 46.6 Å². The van der Waals surface area contributed by atoms with E-state index in [9.17, 15) is 9.59 Å². The van der Waals surface area contributed by atoms with Crippen molar-refractivity contribution in [3.63, 3.8) is 0 Å². The minimum Gasteiger partial charge on any atom is -0.492 e. The number of nitrogen functional groups attached to an aromatic ring is 1. The maximum atomic E-state index is 11.6. The zero-order chi connectivity index (χ0) is 27.9. The third-order valence-electron chi connectivity index (χ3n) is 7.06. The number of pyridine rings is 2. The number of ether oxygens (including phenoxy) is 1. The zero-order valence-corrected chi connectivity index (χ0v) is 23.3. The molecule has 9 heteroatoms. The first-order valence-corrected chi connectivity index (χ1v) is 14.4. The molecule has 1 unspecified atom stereocenters. The number of anilines is 2. The molecular weight excluding hydrogens is 522 g/mol. The fourth-order valence-corrected chi connectivity index (χ4v) is 5.73. The van der Waals surface area contributed by atoms with Gasteiger partial charge in [-0.15, -0.1) is 0 Å². The van der Waals surface area contributed by atoms with Crippen LogP contribution in [0.15, 0.2) is 72.9 Å². The molecule has 4 aromatic rings. The van der Waals surface area contributed by atoms with Crippen molar-refractivity contribution in [1.29, 1.82) is 0 Å². The van der Waals surface area contributed by atoms with E-state index in [4.69, 9.17) is 15.5 Å². The summed E-state index contributed by atoms with van der Waals surface area (Å²) in [4.78, 5) is 33.8. The molecule has 0 radical (unpaired) electrons. The molecule has 8 nitrogen and oxygen atoms in total. The Balaban J connectivity index is 0.000000182. The van der Waals surface area contributed by atoms with E-state index in [0.717, 1.165) is 64.9 Å². The van der Waals surface area contributed by atoms with Crippen LogP contribution >= 0.6 is 11.8 Å². The molecule has 6 rings (SSSR count). The summed E-state index contributed by atoms with van der Waals surface area (Å²) < 4.78 is 5.75. The lowest BCUT2D eigenvalue weighted by atomic mass is 9.93. The molecular formula is C31H33N5O3S. The molecule has 2 amide bonds. The van der Waals surface area contributed by atoms with Crippen LogP contribution in [-0.2, 0) is 24.1 Å². The predicted octanol–water partition coefficient (Wildman–Crippen LogP) is 5.19. The van der Waals surface area contributed by atoms with Gasteiger partial charge in [-0.2, -0.15) is 0 Å².